The number of benzene rings is 2. The van der Waals surface area contributed by atoms with Gasteiger partial charge in [0.25, 0.3) is 0 Å². The third-order valence-electron chi connectivity index (χ3n) is 5.83. The van der Waals surface area contributed by atoms with Crippen LogP contribution in [0.15, 0.2) is 54.6 Å². The van der Waals surface area contributed by atoms with Crippen molar-refractivity contribution in [3.05, 3.63) is 66.0 Å². The molecular formula is C22H24FN3O4S. The molecule has 0 N–H and O–H groups in total. The Kier molecular flexibility index (Phi) is 5.95. The second-order valence-electron chi connectivity index (χ2n) is 7.74. The number of hydrogen-bond donors (Lipinski definition) is 0. The third kappa shape index (κ3) is 4.41. The molecule has 9 heteroatoms. The zero-order valence-electron chi connectivity index (χ0n) is 17.0. The molecule has 2 aliphatic heterocycles. The number of rotatable bonds is 4. The van der Waals surface area contributed by atoms with E-state index in [1.807, 2.05) is 30.3 Å². The number of carbonyl (C=O) groups excluding carboxylic acids is 2. The highest BCUT2D eigenvalue weighted by Gasteiger charge is 2.36. The predicted molar refractivity (Wildman–Crippen MR) is 115 cm³/mol. The van der Waals surface area contributed by atoms with E-state index >= 15 is 0 Å². The Balaban J connectivity index is 1.42. The predicted octanol–water partition coefficient (Wildman–Crippen LogP) is 2.46. The van der Waals surface area contributed by atoms with Gasteiger partial charge in [-0.2, -0.15) is 0 Å². The Hall–Kier alpha value is -2.94. The van der Waals surface area contributed by atoms with Gasteiger partial charge in [-0.3, -0.25) is 9.69 Å². The number of halogens is 1. The van der Waals surface area contributed by atoms with Crippen LogP contribution >= 0.6 is 0 Å². The lowest BCUT2D eigenvalue weighted by Crippen LogP contribution is -2.43. The van der Waals surface area contributed by atoms with Gasteiger partial charge in [0.1, 0.15) is 12.4 Å². The van der Waals surface area contributed by atoms with Crippen LogP contribution in [0.2, 0.25) is 0 Å². The summed E-state index contributed by atoms with van der Waals surface area (Å²) in [5, 5.41) is -0.978. The highest BCUT2D eigenvalue weighted by atomic mass is 32.2. The minimum absolute atomic E-state index is 0.0382. The first kappa shape index (κ1) is 21.3. The van der Waals surface area contributed by atoms with E-state index in [1.165, 1.54) is 28.0 Å². The van der Waals surface area contributed by atoms with E-state index in [4.69, 9.17) is 0 Å². The molecule has 7 nitrogen and oxygen atoms in total. The van der Waals surface area contributed by atoms with Gasteiger partial charge in [-0.15, -0.1) is 0 Å². The molecular weight excluding hydrogens is 421 g/mol. The summed E-state index contributed by atoms with van der Waals surface area (Å²) in [5.41, 5.74) is 0.918. The molecule has 0 bridgehead atoms. The van der Waals surface area contributed by atoms with Gasteiger partial charge in [0.2, 0.25) is 5.91 Å². The van der Waals surface area contributed by atoms with Crippen LogP contribution in [0.1, 0.15) is 17.2 Å². The average molecular weight is 446 g/mol. The molecule has 1 atom stereocenters. The molecule has 2 saturated heterocycles. The van der Waals surface area contributed by atoms with Crippen LogP contribution in [-0.4, -0.2) is 68.6 Å². The number of para-hydroxylation sites is 1. The Labute approximate surface area is 181 Å². The van der Waals surface area contributed by atoms with Gasteiger partial charge in [0.15, 0.2) is 9.84 Å². The maximum atomic E-state index is 14.2. The fourth-order valence-corrected chi connectivity index (χ4v) is 5.92. The van der Waals surface area contributed by atoms with Crippen molar-refractivity contribution >= 4 is 27.5 Å². The SMILES string of the molecule is O=C(CN1CCN(c2ccccc2)C1=O)N1CCC(c2ccccc2F)S(=O)(=O)CC1. The molecule has 0 spiro atoms. The lowest BCUT2D eigenvalue weighted by Gasteiger charge is -2.24. The monoisotopic (exact) mass is 445 g/mol. The van der Waals surface area contributed by atoms with E-state index in [-0.39, 0.29) is 49.3 Å². The maximum Gasteiger partial charge on any atom is 0.325 e. The van der Waals surface area contributed by atoms with E-state index in [1.54, 1.807) is 11.0 Å². The van der Waals surface area contributed by atoms with E-state index in [9.17, 15) is 22.4 Å². The standard InChI is InChI=1S/C22H24FN3O4S/c23-19-9-5-4-8-18(19)20-10-11-24(14-15-31(20,29)30)21(27)16-25-12-13-26(22(25)28)17-6-2-1-3-7-17/h1-9,20H,10-16H2. The topological polar surface area (TPSA) is 78.0 Å². The summed E-state index contributed by atoms with van der Waals surface area (Å²) < 4.78 is 39.7. The molecule has 0 saturated carbocycles. The zero-order valence-corrected chi connectivity index (χ0v) is 17.8. The first-order valence-corrected chi connectivity index (χ1v) is 11.9. The van der Waals surface area contributed by atoms with Crippen LogP contribution in [0.4, 0.5) is 14.9 Å². The third-order valence-corrected chi connectivity index (χ3v) is 7.94. The van der Waals surface area contributed by atoms with Gasteiger partial charge in [-0.25, -0.2) is 17.6 Å². The second kappa shape index (κ2) is 8.66. The summed E-state index contributed by atoms with van der Waals surface area (Å²) in [7, 11) is -3.61. The minimum atomic E-state index is -3.61. The Morgan fingerprint density at radius 2 is 1.68 bits per heavy atom. The van der Waals surface area contributed by atoms with Gasteiger partial charge in [0.05, 0.1) is 11.0 Å². The Bertz CT molecular complexity index is 1080. The first-order chi connectivity index (χ1) is 14.9. The highest BCUT2D eigenvalue weighted by Crippen LogP contribution is 2.31. The summed E-state index contributed by atoms with van der Waals surface area (Å²) >= 11 is 0. The molecule has 0 aliphatic carbocycles. The molecule has 2 aromatic carbocycles. The van der Waals surface area contributed by atoms with Gasteiger partial charge in [0, 0.05) is 37.4 Å². The van der Waals surface area contributed by atoms with Crippen molar-refractivity contribution in [3.8, 4) is 0 Å². The molecule has 4 rings (SSSR count). The van der Waals surface area contributed by atoms with Crippen molar-refractivity contribution in [2.24, 2.45) is 0 Å². The van der Waals surface area contributed by atoms with Gasteiger partial charge < -0.3 is 9.80 Å². The summed E-state index contributed by atoms with van der Waals surface area (Å²) in [6.07, 6.45) is 0.124. The van der Waals surface area contributed by atoms with Crippen molar-refractivity contribution < 1.29 is 22.4 Å². The quantitative estimate of drug-likeness (QED) is 0.724. The first-order valence-electron chi connectivity index (χ1n) is 10.2. The summed E-state index contributed by atoms with van der Waals surface area (Å²) in [5.74, 6) is -1.09. The van der Waals surface area contributed by atoms with Crippen LogP contribution < -0.4 is 4.90 Å². The molecule has 31 heavy (non-hydrogen) atoms. The van der Waals surface area contributed by atoms with Crippen molar-refractivity contribution in [1.82, 2.24) is 9.80 Å². The fourth-order valence-electron chi connectivity index (χ4n) is 4.12. The number of nitrogens with zero attached hydrogens (tertiary/aromatic N) is 3. The molecule has 2 fully saturated rings. The highest BCUT2D eigenvalue weighted by molar-refractivity contribution is 7.91. The van der Waals surface area contributed by atoms with Crippen molar-refractivity contribution in [3.63, 3.8) is 0 Å². The lowest BCUT2D eigenvalue weighted by atomic mass is 10.1. The molecule has 2 heterocycles. The molecule has 0 aromatic heterocycles. The number of amides is 3. The zero-order chi connectivity index (χ0) is 22.0. The minimum Gasteiger partial charge on any atom is -0.340 e. The van der Waals surface area contributed by atoms with Crippen molar-refractivity contribution in [2.45, 2.75) is 11.7 Å². The molecule has 0 radical (unpaired) electrons. The number of anilines is 1. The Morgan fingerprint density at radius 3 is 2.42 bits per heavy atom. The second-order valence-corrected chi connectivity index (χ2v) is 10.0. The molecule has 3 amide bonds. The smallest absolute Gasteiger partial charge is 0.325 e. The van der Waals surface area contributed by atoms with Gasteiger partial charge in [-0.05, 0) is 24.6 Å². The largest absolute Gasteiger partial charge is 0.340 e. The normalized spacial score (nSPS) is 21.3. The molecule has 164 valence electrons. The number of sulfone groups is 1. The van der Waals surface area contributed by atoms with Crippen molar-refractivity contribution in [1.29, 1.82) is 0 Å². The van der Waals surface area contributed by atoms with E-state index in [2.05, 4.69) is 0 Å². The fraction of sp³-hybridized carbons (Fsp3) is 0.364. The van der Waals surface area contributed by atoms with Crippen LogP contribution in [0, 0.1) is 5.82 Å². The van der Waals surface area contributed by atoms with Crippen LogP contribution in [-0.2, 0) is 14.6 Å². The summed E-state index contributed by atoms with van der Waals surface area (Å²) in [6.45, 7) is 1.04. The Morgan fingerprint density at radius 1 is 0.968 bits per heavy atom. The number of urea groups is 1. The summed E-state index contributed by atoms with van der Waals surface area (Å²) in [6, 6.07) is 14.9. The molecule has 2 aliphatic rings. The van der Waals surface area contributed by atoms with Gasteiger partial charge in [-0.1, -0.05) is 36.4 Å². The van der Waals surface area contributed by atoms with Crippen molar-refractivity contribution in [2.75, 3.05) is 43.4 Å². The lowest BCUT2D eigenvalue weighted by molar-refractivity contribution is -0.131. The summed E-state index contributed by atoms with van der Waals surface area (Å²) in [4.78, 5) is 30.1. The van der Waals surface area contributed by atoms with E-state index < -0.39 is 20.9 Å². The maximum absolute atomic E-state index is 14.2. The number of hydrogen-bond acceptors (Lipinski definition) is 4. The average Bonchev–Trinajstić information content (AvgIpc) is 3.03. The van der Waals surface area contributed by atoms with Crippen LogP contribution in [0.25, 0.3) is 0 Å². The van der Waals surface area contributed by atoms with Gasteiger partial charge >= 0.3 is 6.03 Å². The molecule has 1 unspecified atom stereocenters. The van der Waals surface area contributed by atoms with Crippen LogP contribution in [0.5, 0.6) is 0 Å². The molecule has 2 aromatic rings. The number of carbonyl (C=O) groups is 2. The van der Waals surface area contributed by atoms with Crippen LogP contribution in [0.3, 0.4) is 0 Å². The van der Waals surface area contributed by atoms with E-state index in [0.29, 0.717) is 13.1 Å². The van der Waals surface area contributed by atoms with E-state index in [0.717, 1.165) is 5.69 Å².